The fourth-order valence-electron chi connectivity index (χ4n) is 2.61. The summed E-state index contributed by atoms with van der Waals surface area (Å²) in [6.07, 6.45) is 8.56. The van der Waals surface area contributed by atoms with E-state index in [2.05, 4.69) is 47.3 Å². The predicted octanol–water partition coefficient (Wildman–Crippen LogP) is 2.80. The molecular formula is C19H20N4O. The highest BCUT2D eigenvalue weighted by Gasteiger charge is 2.17. The second-order valence-electron chi connectivity index (χ2n) is 5.86. The third-order valence-electron chi connectivity index (χ3n) is 4.09. The van der Waals surface area contributed by atoms with Gasteiger partial charge in [0.2, 0.25) is 5.91 Å². The first-order valence-electron chi connectivity index (χ1n) is 7.85. The summed E-state index contributed by atoms with van der Waals surface area (Å²) < 4.78 is 1.75. The van der Waals surface area contributed by atoms with E-state index in [1.54, 1.807) is 35.7 Å². The molecular weight excluding hydrogens is 300 g/mol. The topological polar surface area (TPSA) is 59.8 Å². The van der Waals surface area contributed by atoms with E-state index in [0.717, 1.165) is 11.1 Å². The normalized spacial score (nSPS) is 11.9. The predicted molar refractivity (Wildman–Crippen MR) is 92.4 cm³/mol. The number of rotatable bonds is 5. The maximum absolute atomic E-state index is 12.4. The second kappa shape index (κ2) is 7.08. The standard InChI is InChI=1S/C19H20N4O/c1-14-3-4-17(11-15(14)2)19(16-5-7-20-8-6-16)22-18(24)12-23-10-9-21-13-23/h3-11,13,19H,12H2,1-2H3,(H,22,24)/t19-/m1/s1. The van der Waals surface area contributed by atoms with Crippen molar-refractivity contribution in [1.82, 2.24) is 19.9 Å². The molecule has 122 valence electrons. The van der Waals surface area contributed by atoms with Gasteiger partial charge in [0.05, 0.1) is 12.4 Å². The number of carbonyl (C=O) groups is 1. The molecule has 0 saturated carbocycles. The maximum atomic E-state index is 12.4. The maximum Gasteiger partial charge on any atom is 0.240 e. The summed E-state index contributed by atoms with van der Waals surface area (Å²) in [6, 6.07) is 9.92. The van der Waals surface area contributed by atoms with Crippen LogP contribution in [0.15, 0.2) is 61.4 Å². The Morgan fingerprint density at radius 1 is 1.04 bits per heavy atom. The van der Waals surface area contributed by atoms with Crippen LogP contribution >= 0.6 is 0 Å². The molecule has 0 saturated heterocycles. The van der Waals surface area contributed by atoms with Gasteiger partial charge < -0.3 is 9.88 Å². The van der Waals surface area contributed by atoms with Crippen molar-refractivity contribution in [1.29, 1.82) is 0 Å². The molecule has 1 amide bonds. The molecule has 0 spiro atoms. The number of aryl methyl sites for hydroxylation is 2. The molecule has 0 unspecified atom stereocenters. The van der Waals surface area contributed by atoms with Gasteiger partial charge in [0, 0.05) is 24.8 Å². The Bertz CT molecular complexity index is 813. The van der Waals surface area contributed by atoms with Crippen molar-refractivity contribution in [3.05, 3.63) is 83.7 Å². The quantitative estimate of drug-likeness (QED) is 0.786. The van der Waals surface area contributed by atoms with Crippen LogP contribution in [0.5, 0.6) is 0 Å². The molecule has 24 heavy (non-hydrogen) atoms. The Hall–Kier alpha value is -2.95. The molecule has 1 N–H and O–H groups in total. The summed E-state index contributed by atoms with van der Waals surface area (Å²) in [6.45, 7) is 4.40. The Morgan fingerprint density at radius 2 is 1.83 bits per heavy atom. The Kier molecular flexibility index (Phi) is 4.70. The van der Waals surface area contributed by atoms with Crippen LogP contribution in [0.25, 0.3) is 0 Å². The summed E-state index contributed by atoms with van der Waals surface area (Å²) in [5.74, 6) is -0.0620. The molecule has 2 aromatic heterocycles. The fourth-order valence-corrected chi connectivity index (χ4v) is 2.61. The average Bonchev–Trinajstić information content (AvgIpc) is 3.09. The zero-order valence-electron chi connectivity index (χ0n) is 13.8. The molecule has 2 heterocycles. The van der Waals surface area contributed by atoms with Gasteiger partial charge in [-0.15, -0.1) is 0 Å². The number of hydrogen-bond acceptors (Lipinski definition) is 3. The van der Waals surface area contributed by atoms with Crippen LogP contribution < -0.4 is 5.32 Å². The van der Waals surface area contributed by atoms with Crippen molar-refractivity contribution in [2.24, 2.45) is 0 Å². The number of aromatic nitrogens is 3. The van der Waals surface area contributed by atoms with Crippen LogP contribution in [0.4, 0.5) is 0 Å². The summed E-state index contributed by atoms with van der Waals surface area (Å²) in [5.41, 5.74) is 4.50. The molecule has 0 bridgehead atoms. The van der Waals surface area contributed by atoms with E-state index >= 15 is 0 Å². The van der Waals surface area contributed by atoms with E-state index in [-0.39, 0.29) is 18.5 Å². The summed E-state index contributed by atoms with van der Waals surface area (Å²) in [5, 5.41) is 3.12. The van der Waals surface area contributed by atoms with E-state index in [0.29, 0.717) is 0 Å². The van der Waals surface area contributed by atoms with Gasteiger partial charge in [0.1, 0.15) is 6.54 Å². The van der Waals surface area contributed by atoms with Crippen LogP contribution in [0, 0.1) is 13.8 Å². The van der Waals surface area contributed by atoms with Crippen LogP contribution in [0.2, 0.25) is 0 Å². The molecule has 5 nitrogen and oxygen atoms in total. The highest BCUT2D eigenvalue weighted by atomic mass is 16.2. The van der Waals surface area contributed by atoms with Crippen molar-refractivity contribution in [3.63, 3.8) is 0 Å². The highest BCUT2D eigenvalue weighted by Crippen LogP contribution is 2.23. The number of nitrogens with zero attached hydrogens (tertiary/aromatic N) is 3. The van der Waals surface area contributed by atoms with Gasteiger partial charge in [-0.3, -0.25) is 9.78 Å². The zero-order valence-corrected chi connectivity index (χ0v) is 13.8. The molecule has 1 atom stereocenters. The average molecular weight is 320 g/mol. The lowest BCUT2D eigenvalue weighted by molar-refractivity contribution is -0.122. The fraction of sp³-hybridized carbons (Fsp3) is 0.211. The van der Waals surface area contributed by atoms with E-state index in [1.807, 2.05) is 12.1 Å². The summed E-state index contributed by atoms with van der Waals surface area (Å²) >= 11 is 0. The van der Waals surface area contributed by atoms with Gasteiger partial charge in [-0.1, -0.05) is 18.2 Å². The van der Waals surface area contributed by atoms with Gasteiger partial charge in [-0.25, -0.2) is 4.98 Å². The lowest BCUT2D eigenvalue weighted by Gasteiger charge is -2.21. The molecule has 1 aromatic carbocycles. The molecule has 0 radical (unpaired) electrons. The number of carbonyl (C=O) groups excluding carboxylic acids is 1. The first-order valence-corrected chi connectivity index (χ1v) is 7.85. The highest BCUT2D eigenvalue weighted by molar-refractivity contribution is 5.76. The molecule has 5 heteroatoms. The van der Waals surface area contributed by atoms with Crippen LogP contribution in [0.1, 0.15) is 28.3 Å². The van der Waals surface area contributed by atoms with Crippen LogP contribution in [-0.4, -0.2) is 20.4 Å². The number of pyridine rings is 1. The largest absolute Gasteiger partial charge is 0.344 e. The minimum Gasteiger partial charge on any atom is -0.344 e. The van der Waals surface area contributed by atoms with E-state index in [9.17, 15) is 4.79 Å². The van der Waals surface area contributed by atoms with Crippen molar-refractivity contribution in [3.8, 4) is 0 Å². The zero-order chi connectivity index (χ0) is 16.9. The lowest BCUT2D eigenvalue weighted by Crippen LogP contribution is -2.32. The second-order valence-corrected chi connectivity index (χ2v) is 5.86. The molecule has 0 aliphatic carbocycles. The minimum absolute atomic E-state index is 0.0620. The van der Waals surface area contributed by atoms with Crippen molar-refractivity contribution in [2.75, 3.05) is 0 Å². The van der Waals surface area contributed by atoms with Crippen molar-refractivity contribution >= 4 is 5.91 Å². The van der Waals surface area contributed by atoms with Gasteiger partial charge in [-0.2, -0.15) is 0 Å². The number of imidazole rings is 1. The number of hydrogen-bond donors (Lipinski definition) is 1. The Morgan fingerprint density at radius 3 is 2.50 bits per heavy atom. The minimum atomic E-state index is -0.205. The van der Waals surface area contributed by atoms with Crippen molar-refractivity contribution in [2.45, 2.75) is 26.4 Å². The first kappa shape index (κ1) is 15.9. The third kappa shape index (κ3) is 3.68. The number of nitrogens with one attached hydrogen (secondary N) is 1. The van der Waals surface area contributed by atoms with Crippen LogP contribution in [0.3, 0.4) is 0 Å². The van der Waals surface area contributed by atoms with Gasteiger partial charge in [0.25, 0.3) is 0 Å². The first-order chi connectivity index (χ1) is 11.6. The van der Waals surface area contributed by atoms with E-state index in [4.69, 9.17) is 0 Å². The lowest BCUT2D eigenvalue weighted by atomic mass is 9.96. The number of amides is 1. The molecule has 0 aliphatic rings. The molecule has 0 fully saturated rings. The van der Waals surface area contributed by atoms with Crippen LogP contribution in [-0.2, 0) is 11.3 Å². The molecule has 3 aromatic rings. The SMILES string of the molecule is Cc1ccc([C@H](NC(=O)Cn2ccnc2)c2ccncc2)cc1C. The number of benzene rings is 1. The molecule has 3 rings (SSSR count). The smallest absolute Gasteiger partial charge is 0.240 e. The van der Waals surface area contributed by atoms with Gasteiger partial charge in [0.15, 0.2) is 0 Å². The van der Waals surface area contributed by atoms with E-state index in [1.165, 1.54) is 11.1 Å². The Balaban J connectivity index is 1.87. The van der Waals surface area contributed by atoms with Gasteiger partial charge >= 0.3 is 0 Å². The third-order valence-corrected chi connectivity index (χ3v) is 4.09. The van der Waals surface area contributed by atoms with Gasteiger partial charge in [-0.05, 0) is 48.2 Å². The van der Waals surface area contributed by atoms with E-state index < -0.39 is 0 Å². The summed E-state index contributed by atoms with van der Waals surface area (Å²) in [7, 11) is 0. The summed E-state index contributed by atoms with van der Waals surface area (Å²) in [4.78, 5) is 20.5. The van der Waals surface area contributed by atoms with Crippen molar-refractivity contribution < 1.29 is 4.79 Å². The Labute approximate surface area is 141 Å². The monoisotopic (exact) mass is 320 g/mol. The molecule has 0 aliphatic heterocycles.